The number of nitrogens with two attached hydrogens (primary N) is 1. The molecule has 0 saturated carbocycles. The maximum atomic E-state index is 6.11. The molecule has 0 aliphatic rings. The van der Waals surface area contributed by atoms with Crippen molar-refractivity contribution < 1.29 is 0 Å². The lowest BCUT2D eigenvalue weighted by atomic mass is 10.0. The first-order valence-corrected chi connectivity index (χ1v) is 9.30. The van der Waals surface area contributed by atoms with Crippen LogP contribution in [0.5, 0.6) is 0 Å². The Balaban J connectivity index is 0.00000364. The maximum absolute atomic E-state index is 6.11. The van der Waals surface area contributed by atoms with Gasteiger partial charge in [0.1, 0.15) is 0 Å². The number of benzene rings is 2. The van der Waals surface area contributed by atoms with Gasteiger partial charge in [0.25, 0.3) is 0 Å². The molecule has 0 heterocycles. The van der Waals surface area contributed by atoms with E-state index in [4.69, 9.17) is 5.73 Å². The molecule has 0 fully saturated rings. The lowest BCUT2D eigenvalue weighted by Crippen LogP contribution is -2.26. The minimum Gasteiger partial charge on any atom is -0.370 e. The van der Waals surface area contributed by atoms with Crippen molar-refractivity contribution in [2.75, 3.05) is 12.4 Å². The van der Waals surface area contributed by atoms with Crippen molar-refractivity contribution in [2.24, 2.45) is 10.7 Å². The van der Waals surface area contributed by atoms with Crippen LogP contribution in [-0.4, -0.2) is 23.9 Å². The molecule has 2 aromatic rings. The highest BCUT2D eigenvalue weighted by Crippen LogP contribution is 2.18. The van der Waals surface area contributed by atoms with E-state index in [0.29, 0.717) is 24.5 Å². The third-order valence-corrected chi connectivity index (χ3v) is 4.67. The number of anilines is 1. The van der Waals surface area contributed by atoms with Gasteiger partial charge in [-0.1, -0.05) is 50.2 Å². The van der Waals surface area contributed by atoms with Gasteiger partial charge in [0.2, 0.25) is 0 Å². The van der Waals surface area contributed by atoms with Crippen LogP contribution in [0.25, 0.3) is 0 Å². The minimum absolute atomic E-state index is 0. The Morgan fingerprint density at radius 2 is 1.70 bits per heavy atom. The fraction of sp³-hybridized carbons (Fsp3) is 0.409. The van der Waals surface area contributed by atoms with Crippen molar-refractivity contribution in [1.82, 2.24) is 4.90 Å². The average Bonchev–Trinajstić information content (AvgIpc) is 2.61. The Kier molecular flexibility index (Phi) is 9.80. The molecule has 0 saturated heterocycles. The van der Waals surface area contributed by atoms with Crippen molar-refractivity contribution in [2.45, 2.75) is 52.7 Å². The third kappa shape index (κ3) is 7.50. The molecular formula is C22H33IN4. The highest BCUT2D eigenvalue weighted by Gasteiger charge is 2.08. The van der Waals surface area contributed by atoms with Crippen LogP contribution in [0.1, 0.15) is 50.3 Å². The van der Waals surface area contributed by atoms with Crippen LogP contribution in [0.4, 0.5) is 5.69 Å². The predicted molar refractivity (Wildman–Crippen MR) is 128 cm³/mol. The summed E-state index contributed by atoms with van der Waals surface area (Å²) in [5, 5.41) is 3.20. The standard InChI is InChI=1S/C22H32N4.HI/c1-16(2)18-11-8-12-21(13-18)25-22(23)24-14-19-9-6-7-10-20(19)15-26(5)17(3)4;/h6-13,16-17H,14-15H2,1-5H3,(H3,23,24,25);1H. The Bertz CT molecular complexity index is 741. The number of hydrogen-bond donors (Lipinski definition) is 2. The summed E-state index contributed by atoms with van der Waals surface area (Å²) in [6.45, 7) is 10.3. The molecule has 0 aliphatic heterocycles. The quantitative estimate of drug-likeness (QED) is 0.326. The smallest absolute Gasteiger partial charge is 0.193 e. The Morgan fingerprint density at radius 1 is 1.04 bits per heavy atom. The number of hydrogen-bond acceptors (Lipinski definition) is 2. The molecular weight excluding hydrogens is 447 g/mol. The zero-order valence-corrected chi connectivity index (χ0v) is 19.4. The van der Waals surface area contributed by atoms with E-state index < -0.39 is 0 Å². The Hall–Kier alpha value is -1.60. The molecule has 27 heavy (non-hydrogen) atoms. The first-order chi connectivity index (χ1) is 12.4. The van der Waals surface area contributed by atoms with Gasteiger partial charge in [-0.2, -0.15) is 0 Å². The fourth-order valence-electron chi connectivity index (χ4n) is 2.65. The lowest BCUT2D eigenvalue weighted by Gasteiger charge is -2.22. The molecule has 0 radical (unpaired) electrons. The van der Waals surface area contributed by atoms with Gasteiger partial charge in [-0.25, -0.2) is 4.99 Å². The normalized spacial score (nSPS) is 11.8. The number of aliphatic imine (C=N–C) groups is 1. The van der Waals surface area contributed by atoms with Gasteiger partial charge in [0.15, 0.2) is 5.96 Å². The van der Waals surface area contributed by atoms with Crippen molar-refractivity contribution in [3.05, 3.63) is 65.2 Å². The Morgan fingerprint density at radius 3 is 2.33 bits per heavy atom. The molecule has 5 heteroatoms. The molecule has 3 N–H and O–H groups in total. The summed E-state index contributed by atoms with van der Waals surface area (Å²) in [6, 6.07) is 17.2. The summed E-state index contributed by atoms with van der Waals surface area (Å²) in [6.07, 6.45) is 0. The molecule has 2 aromatic carbocycles. The second-order valence-corrected chi connectivity index (χ2v) is 7.38. The van der Waals surface area contributed by atoms with Crippen LogP contribution in [0.2, 0.25) is 0 Å². The van der Waals surface area contributed by atoms with Crippen molar-refractivity contribution in [1.29, 1.82) is 0 Å². The second kappa shape index (κ2) is 11.3. The fourth-order valence-corrected chi connectivity index (χ4v) is 2.65. The van der Waals surface area contributed by atoms with Gasteiger partial charge in [0.05, 0.1) is 6.54 Å². The molecule has 0 unspecified atom stereocenters. The van der Waals surface area contributed by atoms with E-state index in [0.717, 1.165) is 12.2 Å². The maximum Gasteiger partial charge on any atom is 0.193 e. The number of guanidine groups is 1. The second-order valence-electron chi connectivity index (χ2n) is 7.38. The van der Waals surface area contributed by atoms with Gasteiger partial charge in [-0.05, 0) is 55.6 Å². The van der Waals surface area contributed by atoms with Crippen molar-refractivity contribution >= 4 is 35.6 Å². The first kappa shape index (κ1) is 23.4. The molecule has 0 aliphatic carbocycles. The molecule has 0 spiro atoms. The van der Waals surface area contributed by atoms with E-state index in [2.05, 4.69) is 86.3 Å². The average molecular weight is 480 g/mol. The minimum atomic E-state index is 0. The van der Waals surface area contributed by atoms with E-state index in [9.17, 15) is 0 Å². The van der Waals surface area contributed by atoms with Gasteiger partial charge in [-0.15, -0.1) is 24.0 Å². The molecule has 0 aromatic heterocycles. The van der Waals surface area contributed by atoms with E-state index in [1.54, 1.807) is 0 Å². The molecule has 0 atom stereocenters. The van der Waals surface area contributed by atoms with Crippen LogP contribution in [0.3, 0.4) is 0 Å². The first-order valence-electron chi connectivity index (χ1n) is 9.30. The van der Waals surface area contributed by atoms with Crippen LogP contribution in [0.15, 0.2) is 53.5 Å². The highest BCUT2D eigenvalue weighted by atomic mass is 127. The highest BCUT2D eigenvalue weighted by molar-refractivity contribution is 14.0. The summed E-state index contributed by atoms with van der Waals surface area (Å²) in [5.41, 5.74) is 10.9. The van der Waals surface area contributed by atoms with Gasteiger partial charge in [-0.3, -0.25) is 4.90 Å². The summed E-state index contributed by atoms with van der Waals surface area (Å²) in [7, 11) is 2.14. The van der Waals surface area contributed by atoms with Crippen LogP contribution in [0, 0.1) is 0 Å². The van der Waals surface area contributed by atoms with Gasteiger partial charge < -0.3 is 11.1 Å². The van der Waals surface area contributed by atoms with Gasteiger partial charge >= 0.3 is 0 Å². The summed E-state index contributed by atoms with van der Waals surface area (Å²) in [5.74, 6) is 0.928. The number of halogens is 1. The molecule has 0 bridgehead atoms. The van der Waals surface area contributed by atoms with E-state index >= 15 is 0 Å². The van der Waals surface area contributed by atoms with Gasteiger partial charge in [0, 0.05) is 18.3 Å². The van der Waals surface area contributed by atoms with Crippen molar-refractivity contribution in [3.8, 4) is 0 Å². The van der Waals surface area contributed by atoms with Crippen LogP contribution in [-0.2, 0) is 13.1 Å². The van der Waals surface area contributed by atoms with Crippen LogP contribution < -0.4 is 11.1 Å². The number of rotatable bonds is 7. The topological polar surface area (TPSA) is 53.6 Å². The summed E-state index contributed by atoms with van der Waals surface area (Å²) < 4.78 is 0. The van der Waals surface area contributed by atoms with E-state index in [1.165, 1.54) is 16.7 Å². The zero-order valence-electron chi connectivity index (χ0n) is 17.1. The molecule has 2 rings (SSSR count). The lowest BCUT2D eigenvalue weighted by molar-refractivity contribution is 0.265. The molecule has 0 amide bonds. The SMILES string of the molecule is CC(C)c1cccc(NC(N)=NCc2ccccc2CN(C)C(C)C)c1.I. The number of nitrogens with zero attached hydrogens (tertiary/aromatic N) is 2. The van der Waals surface area contributed by atoms with Crippen LogP contribution >= 0.6 is 24.0 Å². The summed E-state index contributed by atoms with van der Waals surface area (Å²) in [4.78, 5) is 6.86. The van der Waals surface area contributed by atoms with E-state index in [-0.39, 0.29) is 24.0 Å². The predicted octanol–water partition coefficient (Wildman–Crippen LogP) is 5.20. The molecule has 148 valence electrons. The Labute approximate surface area is 181 Å². The van der Waals surface area contributed by atoms with Crippen molar-refractivity contribution in [3.63, 3.8) is 0 Å². The van der Waals surface area contributed by atoms with E-state index in [1.807, 2.05) is 12.1 Å². The third-order valence-electron chi connectivity index (χ3n) is 4.67. The monoisotopic (exact) mass is 480 g/mol. The zero-order chi connectivity index (χ0) is 19.1. The summed E-state index contributed by atoms with van der Waals surface area (Å²) >= 11 is 0. The molecule has 4 nitrogen and oxygen atoms in total. The largest absolute Gasteiger partial charge is 0.370 e. The number of nitrogens with one attached hydrogen (secondary N) is 1.